The molecule has 8 heteroatoms. The van der Waals surface area contributed by atoms with Crippen molar-refractivity contribution < 1.29 is 14.1 Å². The lowest BCUT2D eigenvalue weighted by atomic mass is 10.1. The largest absolute Gasteiger partial charge is 0.462 e. The van der Waals surface area contributed by atoms with Crippen LogP contribution < -0.4 is 5.32 Å². The maximum atomic E-state index is 12.6. The molecule has 0 saturated heterocycles. The number of thiophene rings is 1. The smallest absolute Gasteiger partial charge is 0.350 e. The Labute approximate surface area is 200 Å². The predicted molar refractivity (Wildman–Crippen MR) is 138 cm³/mol. The number of fused-ring (bicyclic) bond motifs is 2. The van der Waals surface area contributed by atoms with Crippen LogP contribution in [0.4, 0.5) is 11.4 Å². The zero-order valence-electron chi connectivity index (χ0n) is 20.1. The van der Waals surface area contributed by atoms with Crippen molar-refractivity contribution in [3.05, 3.63) is 52.7 Å². The van der Waals surface area contributed by atoms with E-state index in [0.717, 1.165) is 45.6 Å². The summed E-state index contributed by atoms with van der Waals surface area (Å²) in [6.07, 6.45) is 5.31. The molecule has 33 heavy (non-hydrogen) atoms. The highest BCUT2D eigenvalue weighted by molar-refractivity contribution is 7.21. The van der Waals surface area contributed by atoms with Crippen molar-refractivity contribution in [3.8, 4) is 0 Å². The highest BCUT2D eigenvalue weighted by Gasteiger charge is 2.40. The van der Waals surface area contributed by atoms with Crippen molar-refractivity contribution in [2.75, 3.05) is 11.9 Å². The molecule has 0 aliphatic heterocycles. The Morgan fingerprint density at radius 3 is 2.76 bits per heavy atom. The van der Waals surface area contributed by atoms with Crippen LogP contribution in [0.25, 0.3) is 10.1 Å². The van der Waals surface area contributed by atoms with Gasteiger partial charge in [-0.25, -0.2) is 4.79 Å². The average Bonchev–Trinajstić information content (AvgIpc) is 3.33. The molecule has 174 valence electrons. The van der Waals surface area contributed by atoms with Gasteiger partial charge in [0.1, 0.15) is 4.88 Å². The fraction of sp³-hybridized carbons (Fsp3) is 0.400. The molecule has 1 N–H and O–H groups in total. The predicted octanol–water partition coefficient (Wildman–Crippen LogP) is 6.89. The van der Waals surface area contributed by atoms with E-state index in [1.165, 1.54) is 16.9 Å². The first kappa shape index (κ1) is 23.4. The monoisotopic (exact) mass is 481 g/mol. The molecule has 3 aromatic rings. The van der Waals surface area contributed by atoms with E-state index < -0.39 is 8.32 Å². The van der Waals surface area contributed by atoms with Crippen molar-refractivity contribution in [1.29, 1.82) is 0 Å². The van der Waals surface area contributed by atoms with Gasteiger partial charge in [-0.05, 0) is 61.7 Å². The van der Waals surface area contributed by atoms with Crippen LogP contribution in [-0.4, -0.2) is 31.6 Å². The summed E-state index contributed by atoms with van der Waals surface area (Å²) >= 11 is 1.42. The van der Waals surface area contributed by atoms with Gasteiger partial charge >= 0.3 is 5.97 Å². The Hall–Kier alpha value is -2.71. The summed E-state index contributed by atoms with van der Waals surface area (Å²) in [5.41, 5.74) is 5.05. The summed E-state index contributed by atoms with van der Waals surface area (Å²) in [7, 11) is -1.95. The molecule has 6 nitrogen and oxygen atoms in total. The van der Waals surface area contributed by atoms with E-state index in [1.54, 1.807) is 12.4 Å². The number of carbonyl (C=O) groups excluding carboxylic acids is 1. The topological polar surface area (TPSA) is 72.8 Å². The van der Waals surface area contributed by atoms with Crippen LogP contribution in [0, 0.1) is 0 Å². The number of oxime groups is 1. The number of hydrogen-bond acceptors (Lipinski definition) is 7. The molecule has 4 rings (SSSR count). The van der Waals surface area contributed by atoms with Gasteiger partial charge in [-0.1, -0.05) is 26.8 Å². The highest BCUT2D eigenvalue weighted by atomic mass is 32.1. The third-order valence-electron chi connectivity index (χ3n) is 6.46. The van der Waals surface area contributed by atoms with Gasteiger partial charge < -0.3 is 14.6 Å². The van der Waals surface area contributed by atoms with Gasteiger partial charge in [-0.2, -0.15) is 0 Å². The van der Waals surface area contributed by atoms with E-state index in [2.05, 4.69) is 61.5 Å². The molecule has 1 aliphatic rings. The van der Waals surface area contributed by atoms with Crippen LogP contribution >= 0.6 is 11.3 Å². The summed E-state index contributed by atoms with van der Waals surface area (Å²) < 4.78 is 12.4. The van der Waals surface area contributed by atoms with Gasteiger partial charge in [-0.3, -0.25) is 4.98 Å². The number of aromatic nitrogens is 1. The molecule has 2 aromatic heterocycles. The second-order valence-electron chi connectivity index (χ2n) is 9.78. The Kier molecular flexibility index (Phi) is 6.33. The fourth-order valence-electron chi connectivity index (χ4n) is 3.50. The van der Waals surface area contributed by atoms with Crippen molar-refractivity contribution in [2.24, 2.45) is 5.16 Å². The molecule has 0 amide bonds. The Morgan fingerprint density at radius 2 is 2.03 bits per heavy atom. The maximum Gasteiger partial charge on any atom is 0.350 e. The number of nitrogens with one attached hydrogen (secondary N) is 1. The number of hydrogen-bond donors (Lipinski definition) is 1. The van der Waals surface area contributed by atoms with E-state index in [-0.39, 0.29) is 11.0 Å². The number of esters is 1. The molecule has 0 radical (unpaired) electrons. The third kappa shape index (κ3) is 4.68. The first-order valence-electron chi connectivity index (χ1n) is 11.3. The lowest BCUT2D eigenvalue weighted by molar-refractivity contribution is 0.0533. The van der Waals surface area contributed by atoms with Crippen molar-refractivity contribution >= 4 is 52.8 Å². The molecule has 0 fully saturated rings. The van der Waals surface area contributed by atoms with Crippen molar-refractivity contribution in [1.82, 2.24) is 4.98 Å². The highest BCUT2D eigenvalue weighted by Crippen LogP contribution is 2.39. The third-order valence-corrected chi connectivity index (χ3v) is 11.8. The molecule has 1 aromatic carbocycles. The number of ether oxygens (including phenoxy) is 1. The number of aryl methyl sites for hydroxylation is 1. The van der Waals surface area contributed by atoms with Gasteiger partial charge in [0.25, 0.3) is 8.32 Å². The number of pyridine rings is 1. The minimum Gasteiger partial charge on any atom is -0.462 e. The minimum absolute atomic E-state index is 0.112. The molecule has 0 saturated carbocycles. The van der Waals surface area contributed by atoms with E-state index in [9.17, 15) is 4.79 Å². The summed E-state index contributed by atoms with van der Waals surface area (Å²) in [5.74, 6) is -0.320. The lowest BCUT2D eigenvalue weighted by Gasteiger charge is -2.33. The molecule has 0 bridgehead atoms. The van der Waals surface area contributed by atoms with Crippen LogP contribution in [-0.2, 0) is 15.7 Å². The van der Waals surface area contributed by atoms with Crippen LogP contribution in [0.1, 0.15) is 54.9 Å². The molecule has 0 spiro atoms. The standard InChI is InChI=1S/C25H31N3O3SSi/c1-7-30-24(29)23-22(19-15-26-13-12-21(19)32-23)27-17-9-10-18-16(14-17)8-11-20(18)28-31-33(5,6)25(2,3)4/h9-10,12-15,27H,7-8,11H2,1-6H3/b28-20-. The molecule has 2 heterocycles. The second kappa shape index (κ2) is 8.91. The Morgan fingerprint density at radius 1 is 1.24 bits per heavy atom. The normalized spacial score (nSPS) is 15.0. The van der Waals surface area contributed by atoms with E-state index >= 15 is 0 Å². The number of rotatable bonds is 6. The molecular formula is C25H31N3O3SSi. The number of nitrogens with zero attached hydrogens (tertiary/aromatic N) is 2. The quantitative estimate of drug-likeness (QED) is 0.236. The fourth-order valence-corrected chi connectivity index (χ4v) is 5.13. The van der Waals surface area contributed by atoms with Gasteiger partial charge in [0, 0.05) is 33.7 Å². The molecule has 1 aliphatic carbocycles. The second-order valence-corrected chi connectivity index (χ2v) is 15.5. The number of benzene rings is 1. The van der Waals surface area contributed by atoms with Gasteiger partial charge in [0.2, 0.25) is 0 Å². The number of anilines is 2. The lowest BCUT2D eigenvalue weighted by Crippen LogP contribution is -2.39. The summed E-state index contributed by atoms with van der Waals surface area (Å²) in [4.78, 5) is 17.4. The zero-order valence-corrected chi connectivity index (χ0v) is 21.9. The van der Waals surface area contributed by atoms with E-state index in [4.69, 9.17) is 9.26 Å². The Balaban J connectivity index is 1.62. The zero-order chi connectivity index (χ0) is 23.8. The van der Waals surface area contributed by atoms with Crippen molar-refractivity contribution in [2.45, 2.75) is 58.7 Å². The van der Waals surface area contributed by atoms with Crippen LogP contribution in [0.2, 0.25) is 18.1 Å². The summed E-state index contributed by atoms with van der Waals surface area (Å²) in [6, 6.07) is 8.18. The van der Waals surface area contributed by atoms with Crippen molar-refractivity contribution in [3.63, 3.8) is 0 Å². The molecular weight excluding hydrogens is 450 g/mol. The molecule has 0 atom stereocenters. The first-order chi connectivity index (χ1) is 15.6. The minimum atomic E-state index is -1.95. The van der Waals surface area contributed by atoms with Gasteiger partial charge in [0.15, 0.2) is 0 Å². The average molecular weight is 482 g/mol. The maximum absolute atomic E-state index is 12.6. The van der Waals surface area contributed by atoms with Crippen LogP contribution in [0.3, 0.4) is 0 Å². The van der Waals surface area contributed by atoms with Crippen LogP contribution in [0.5, 0.6) is 0 Å². The summed E-state index contributed by atoms with van der Waals surface area (Å²) in [5, 5.41) is 9.08. The molecule has 0 unspecified atom stereocenters. The summed E-state index contributed by atoms with van der Waals surface area (Å²) in [6.45, 7) is 13.2. The van der Waals surface area contributed by atoms with E-state index in [1.807, 2.05) is 19.1 Å². The Bertz CT molecular complexity index is 1230. The number of carbonyl (C=O) groups is 1. The first-order valence-corrected chi connectivity index (χ1v) is 15.0. The SMILES string of the molecule is CCOC(=O)c1sc2ccncc2c1Nc1ccc2c(c1)CC/C2=N/O[Si](C)(C)C(C)(C)C. The van der Waals surface area contributed by atoms with Gasteiger partial charge in [-0.15, -0.1) is 16.5 Å². The van der Waals surface area contributed by atoms with Crippen LogP contribution in [0.15, 0.2) is 41.8 Å². The van der Waals surface area contributed by atoms with E-state index in [0.29, 0.717) is 11.5 Å². The van der Waals surface area contributed by atoms with Gasteiger partial charge in [0.05, 0.1) is 18.0 Å².